The Morgan fingerprint density at radius 2 is 2.35 bits per heavy atom. The Morgan fingerprint density at radius 3 is 3.05 bits per heavy atom. The van der Waals surface area contributed by atoms with Crippen molar-refractivity contribution in [3.8, 4) is 5.75 Å². The standard InChI is InChI=1S/C15H23N3O2/c1-18(2)9-10-20-13-6-3-5-12(11-13)17-15(19)14-7-4-8-16-14/h3,5-6,11,14,16H,4,7-10H2,1-2H3,(H,17,19)/t14-/m1/s1. The molecule has 20 heavy (non-hydrogen) atoms. The lowest BCUT2D eigenvalue weighted by Crippen LogP contribution is -2.35. The average Bonchev–Trinajstić information content (AvgIpc) is 2.92. The van der Waals surface area contributed by atoms with E-state index in [0.29, 0.717) is 6.61 Å². The number of ether oxygens (including phenoxy) is 1. The highest BCUT2D eigenvalue weighted by molar-refractivity contribution is 5.95. The van der Waals surface area contributed by atoms with E-state index in [0.717, 1.165) is 37.4 Å². The maximum atomic E-state index is 12.0. The van der Waals surface area contributed by atoms with Crippen molar-refractivity contribution in [2.75, 3.05) is 39.1 Å². The second-order valence-electron chi connectivity index (χ2n) is 5.32. The molecule has 1 saturated heterocycles. The van der Waals surface area contributed by atoms with Crippen LogP contribution in [-0.4, -0.2) is 50.6 Å². The zero-order valence-corrected chi connectivity index (χ0v) is 12.2. The Kier molecular flexibility index (Phi) is 5.38. The van der Waals surface area contributed by atoms with Crippen molar-refractivity contribution in [3.05, 3.63) is 24.3 Å². The first-order chi connectivity index (χ1) is 9.65. The van der Waals surface area contributed by atoms with E-state index in [-0.39, 0.29) is 11.9 Å². The molecule has 1 aliphatic rings. The monoisotopic (exact) mass is 277 g/mol. The van der Waals surface area contributed by atoms with Crippen molar-refractivity contribution < 1.29 is 9.53 Å². The molecule has 5 heteroatoms. The SMILES string of the molecule is CN(C)CCOc1cccc(NC(=O)[C@H]2CCCN2)c1. The number of carbonyl (C=O) groups excluding carboxylic acids is 1. The van der Waals surface area contributed by atoms with Gasteiger partial charge < -0.3 is 20.3 Å². The summed E-state index contributed by atoms with van der Waals surface area (Å²) in [5, 5.41) is 6.12. The van der Waals surface area contributed by atoms with Gasteiger partial charge in [-0.05, 0) is 45.6 Å². The minimum atomic E-state index is -0.0617. The highest BCUT2D eigenvalue weighted by atomic mass is 16.5. The van der Waals surface area contributed by atoms with Crippen molar-refractivity contribution in [2.24, 2.45) is 0 Å². The molecule has 110 valence electrons. The number of likely N-dealkylation sites (N-methyl/N-ethyl adjacent to an activating group) is 1. The van der Waals surface area contributed by atoms with Crippen molar-refractivity contribution in [3.63, 3.8) is 0 Å². The van der Waals surface area contributed by atoms with Crippen LogP contribution in [0, 0.1) is 0 Å². The summed E-state index contributed by atoms with van der Waals surface area (Å²) in [7, 11) is 4.02. The van der Waals surface area contributed by atoms with Gasteiger partial charge in [-0.3, -0.25) is 4.79 Å². The van der Waals surface area contributed by atoms with E-state index in [9.17, 15) is 4.79 Å². The number of amides is 1. The van der Waals surface area contributed by atoms with Gasteiger partial charge in [-0.2, -0.15) is 0 Å². The van der Waals surface area contributed by atoms with Crippen LogP contribution in [0.2, 0.25) is 0 Å². The van der Waals surface area contributed by atoms with Gasteiger partial charge in [-0.25, -0.2) is 0 Å². The number of benzene rings is 1. The van der Waals surface area contributed by atoms with Gasteiger partial charge in [0.2, 0.25) is 5.91 Å². The maximum absolute atomic E-state index is 12.0. The van der Waals surface area contributed by atoms with E-state index in [1.807, 2.05) is 38.4 Å². The third kappa shape index (κ3) is 4.51. The summed E-state index contributed by atoms with van der Waals surface area (Å²) in [6.07, 6.45) is 1.97. The largest absolute Gasteiger partial charge is 0.492 e. The molecule has 1 aromatic carbocycles. The van der Waals surface area contributed by atoms with Gasteiger partial charge in [0.05, 0.1) is 6.04 Å². The Morgan fingerprint density at radius 1 is 1.50 bits per heavy atom. The molecule has 2 N–H and O–H groups in total. The fourth-order valence-electron chi connectivity index (χ4n) is 2.15. The van der Waals surface area contributed by atoms with Crippen LogP contribution in [0.1, 0.15) is 12.8 Å². The molecule has 0 aromatic heterocycles. The van der Waals surface area contributed by atoms with Crippen LogP contribution in [0.4, 0.5) is 5.69 Å². The molecule has 0 unspecified atom stereocenters. The highest BCUT2D eigenvalue weighted by Crippen LogP contribution is 2.18. The number of nitrogens with one attached hydrogen (secondary N) is 2. The molecular weight excluding hydrogens is 254 g/mol. The quantitative estimate of drug-likeness (QED) is 0.823. The first-order valence-electron chi connectivity index (χ1n) is 7.07. The first-order valence-corrected chi connectivity index (χ1v) is 7.07. The van der Waals surface area contributed by atoms with Crippen LogP contribution < -0.4 is 15.4 Å². The summed E-state index contributed by atoms with van der Waals surface area (Å²) in [6, 6.07) is 7.48. The molecule has 1 heterocycles. The molecular formula is C15H23N3O2. The first kappa shape index (κ1) is 14.8. The van der Waals surface area contributed by atoms with E-state index >= 15 is 0 Å². The van der Waals surface area contributed by atoms with Gasteiger partial charge in [-0.15, -0.1) is 0 Å². The molecule has 5 nitrogen and oxygen atoms in total. The third-order valence-corrected chi connectivity index (χ3v) is 3.29. The number of anilines is 1. The van der Waals surface area contributed by atoms with Gasteiger partial charge >= 0.3 is 0 Å². The molecule has 0 saturated carbocycles. The van der Waals surface area contributed by atoms with Crippen LogP contribution in [-0.2, 0) is 4.79 Å². The number of nitrogens with zero attached hydrogens (tertiary/aromatic N) is 1. The molecule has 1 aromatic rings. The molecule has 1 amide bonds. The summed E-state index contributed by atoms with van der Waals surface area (Å²) in [5.74, 6) is 0.817. The minimum absolute atomic E-state index is 0.0351. The molecule has 0 spiro atoms. The Labute approximate surface area is 120 Å². The summed E-state index contributed by atoms with van der Waals surface area (Å²) >= 11 is 0. The van der Waals surface area contributed by atoms with Crippen LogP contribution in [0.25, 0.3) is 0 Å². The van der Waals surface area contributed by atoms with E-state index in [1.54, 1.807) is 0 Å². The van der Waals surface area contributed by atoms with Gasteiger partial charge in [0, 0.05) is 18.3 Å². The second kappa shape index (κ2) is 7.26. The Hall–Kier alpha value is -1.59. The van der Waals surface area contributed by atoms with Gasteiger partial charge in [0.25, 0.3) is 0 Å². The van der Waals surface area contributed by atoms with Crippen molar-refractivity contribution in [1.29, 1.82) is 0 Å². The number of rotatable bonds is 6. The van der Waals surface area contributed by atoms with Crippen LogP contribution in [0.5, 0.6) is 5.75 Å². The van der Waals surface area contributed by atoms with Gasteiger partial charge in [0.15, 0.2) is 0 Å². The van der Waals surface area contributed by atoms with Crippen molar-refractivity contribution in [2.45, 2.75) is 18.9 Å². The lowest BCUT2D eigenvalue weighted by molar-refractivity contribution is -0.117. The van der Waals surface area contributed by atoms with E-state index in [2.05, 4.69) is 15.5 Å². The second-order valence-corrected chi connectivity index (χ2v) is 5.32. The van der Waals surface area contributed by atoms with Gasteiger partial charge in [0.1, 0.15) is 12.4 Å². The topological polar surface area (TPSA) is 53.6 Å². The molecule has 1 atom stereocenters. The zero-order chi connectivity index (χ0) is 14.4. The minimum Gasteiger partial charge on any atom is -0.492 e. The molecule has 1 aliphatic heterocycles. The van der Waals surface area contributed by atoms with E-state index in [4.69, 9.17) is 4.74 Å². The van der Waals surface area contributed by atoms with E-state index < -0.39 is 0 Å². The number of hydrogen-bond acceptors (Lipinski definition) is 4. The summed E-state index contributed by atoms with van der Waals surface area (Å²) in [5.41, 5.74) is 0.783. The molecule has 1 fully saturated rings. The predicted molar refractivity (Wildman–Crippen MR) is 80.1 cm³/mol. The van der Waals surface area contributed by atoms with E-state index in [1.165, 1.54) is 0 Å². The maximum Gasteiger partial charge on any atom is 0.241 e. The zero-order valence-electron chi connectivity index (χ0n) is 12.2. The third-order valence-electron chi connectivity index (χ3n) is 3.29. The van der Waals surface area contributed by atoms with Crippen molar-refractivity contribution in [1.82, 2.24) is 10.2 Å². The molecule has 2 rings (SSSR count). The fraction of sp³-hybridized carbons (Fsp3) is 0.533. The average molecular weight is 277 g/mol. The predicted octanol–water partition coefficient (Wildman–Crippen LogP) is 1.32. The highest BCUT2D eigenvalue weighted by Gasteiger charge is 2.21. The van der Waals surface area contributed by atoms with Crippen molar-refractivity contribution >= 4 is 11.6 Å². The summed E-state index contributed by atoms with van der Waals surface area (Å²) in [4.78, 5) is 14.1. The van der Waals surface area contributed by atoms with Crippen LogP contribution in [0.15, 0.2) is 24.3 Å². The summed E-state index contributed by atoms with van der Waals surface area (Å²) < 4.78 is 5.66. The number of hydrogen-bond donors (Lipinski definition) is 2. The smallest absolute Gasteiger partial charge is 0.241 e. The Bertz CT molecular complexity index is 442. The van der Waals surface area contributed by atoms with Gasteiger partial charge in [-0.1, -0.05) is 6.07 Å². The van der Waals surface area contributed by atoms with Crippen LogP contribution in [0.3, 0.4) is 0 Å². The Balaban J connectivity index is 1.86. The lowest BCUT2D eigenvalue weighted by atomic mass is 10.2. The normalized spacial score (nSPS) is 18.2. The molecule has 0 bridgehead atoms. The van der Waals surface area contributed by atoms with Crippen LogP contribution >= 0.6 is 0 Å². The molecule has 0 aliphatic carbocycles. The summed E-state index contributed by atoms with van der Waals surface area (Å²) in [6.45, 7) is 2.42. The fourth-order valence-corrected chi connectivity index (χ4v) is 2.15. The lowest BCUT2D eigenvalue weighted by Gasteiger charge is -2.13. The molecule has 0 radical (unpaired) electrons. The number of carbonyl (C=O) groups is 1.